The smallest absolute Gasteiger partial charge is 0.465 e. The van der Waals surface area contributed by atoms with E-state index in [2.05, 4.69) is 18.9 Å². The van der Waals surface area contributed by atoms with Crippen LogP contribution in [0.2, 0.25) is 0 Å². The Morgan fingerprint density at radius 3 is 2.52 bits per heavy atom. The van der Waals surface area contributed by atoms with Crippen molar-refractivity contribution in [1.82, 2.24) is 0 Å². The lowest BCUT2D eigenvalue weighted by Gasteiger charge is -2.11. The number of alkyl halides is 2. The van der Waals surface area contributed by atoms with Gasteiger partial charge in [0.15, 0.2) is 11.5 Å². The molecule has 0 fully saturated rings. The van der Waals surface area contributed by atoms with Crippen LogP contribution in [0.15, 0.2) is 47.4 Å². The maximum atomic E-state index is 13.0. The second-order valence-electron chi connectivity index (χ2n) is 4.92. The van der Waals surface area contributed by atoms with Gasteiger partial charge in [0.1, 0.15) is 4.90 Å². The summed E-state index contributed by atoms with van der Waals surface area (Å²) in [5, 5.41) is 0. The molecule has 10 heteroatoms. The van der Waals surface area contributed by atoms with Crippen molar-refractivity contribution in [3.8, 4) is 11.5 Å². The van der Waals surface area contributed by atoms with Gasteiger partial charge in [-0.1, -0.05) is 12.1 Å². The number of esters is 1. The molecule has 1 heterocycles. The number of benzene rings is 2. The highest BCUT2D eigenvalue weighted by Crippen LogP contribution is 2.42. The van der Waals surface area contributed by atoms with Crippen molar-refractivity contribution in [2.45, 2.75) is 11.2 Å². The molecule has 0 amide bonds. The normalized spacial score (nSPS) is 14.8. The van der Waals surface area contributed by atoms with Gasteiger partial charge in [0.25, 0.3) is 10.0 Å². The molecule has 2 aromatic rings. The van der Waals surface area contributed by atoms with Gasteiger partial charge in [0.05, 0.1) is 18.4 Å². The molecular weight excluding hydrogens is 360 g/mol. The average molecular weight is 371 g/mol. The van der Waals surface area contributed by atoms with Crippen LogP contribution in [0.4, 0.5) is 14.5 Å². The number of halogens is 2. The summed E-state index contributed by atoms with van der Waals surface area (Å²) in [6.07, 6.45) is -3.81. The van der Waals surface area contributed by atoms with Crippen molar-refractivity contribution in [1.29, 1.82) is 0 Å². The topological polar surface area (TPSA) is 90.9 Å². The number of fused-ring (bicyclic) bond motifs is 1. The molecule has 7 nitrogen and oxygen atoms in total. The summed E-state index contributed by atoms with van der Waals surface area (Å²) in [5.74, 6) is -1.36. The van der Waals surface area contributed by atoms with Gasteiger partial charge in [0.2, 0.25) is 0 Å². The standard InChI is InChI=1S/C15H11F2NO6S/c1-22-14(19)10-4-2-3-5-13(10)25(20,21)18-9-6-7-11-12(8-9)24-15(16,17)23-11/h2-8,18H,1H3. The van der Waals surface area contributed by atoms with Gasteiger partial charge in [-0.15, -0.1) is 8.78 Å². The van der Waals surface area contributed by atoms with E-state index >= 15 is 0 Å². The fourth-order valence-electron chi connectivity index (χ4n) is 2.20. The SMILES string of the molecule is COC(=O)c1ccccc1S(=O)(=O)Nc1ccc2c(c1)OC(F)(F)O2. The van der Waals surface area contributed by atoms with E-state index in [4.69, 9.17) is 0 Å². The fourth-order valence-corrected chi connectivity index (χ4v) is 3.45. The minimum atomic E-state index is -4.18. The maximum Gasteiger partial charge on any atom is 0.586 e. The van der Waals surface area contributed by atoms with E-state index in [0.717, 1.165) is 19.2 Å². The lowest BCUT2D eigenvalue weighted by atomic mass is 10.2. The van der Waals surface area contributed by atoms with E-state index in [1.54, 1.807) is 0 Å². The molecule has 0 aliphatic carbocycles. The van der Waals surface area contributed by atoms with Crippen LogP contribution >= 0.6 is 0 Å². The number of carbonyl (C=O) groups is 1. The van der Waals surface area contributed by atoms with E-state index in [1.165, 1.54) is 30.3 Å². The van der Waals surface area contributed by atoms with Gasteiger partial charge in [-0.2, -0.15) is 0 Å². The third-order valence-corrected chi connectivity index (χ3v) is 4.67. The Labute approximate surface area is 141 Å². The zero-order valence-electron chi connectivity index (χ0n) is 12.7. The molecule has 3 rings (SSSR count). The first-order valence-corrected chi connectivity index (χ1v) is 8.30. The molecule has 1 N–H and O–H groups in total. The molecule has 0 unspecified atom stereocenters. The van der Waals surface area contributed by atoms with Crippen molar-refractivity contribution in [3.05, 3.63) is 48.0 Å². The summed E-state index contributed by atoms with van der Waals surface area (Å²) in [5.41, 5.74) is -0.204. The predicted molar refractivity (Wildman–Crippen MR) is 81.2 cm³/mol. The first-order valence-electron chi connectivity index (χ1n) is 6.82. The van der Waals surface area contributed by atoms with Crippen molar-refractivity contribution in [2.24, 2.45) is 0 Å². The van der Waals surface area contributed by atoms with E-state index in [9.17, 15) is 22.0 Å². The molecule has 0 saturated carbocycles. The van der Waals surface area contributed by atoms with E-state index in [0.29, 0.717) is 0 Å². The predicted octanol–water partition coefficient (Wildman–Crippen LogP) is 2.60. The average Bonchev–Trinajstić information content (AvgIpc) is 2.87. The Kier molecular flexibility index (Phi) is 3.99. The van der Waals surface area contributed by atoms with Crippen LogP contribution in [0, 0.1) is 0 Å². The van der Waals surface area contributed by atoms with Gasteiger partial charge in [-0.25, -0.2) is 13.2 Å². The number of hydrogen-bond donors (Lipinski definition) is 1. The zero-order chi connectivity index (χ0) is 18.2. The summed E-state index contributed by atoms with van der Waals surface area (Å²) in [6.45, 7) is 0. The minimum Gasteiger partial charge on any atom is -0.465 e. The van der Waals surface area contributed by atoms with Crippen LogP contribution in [0.25, 0.3) is 0 Å². The molecule has 0 spiro atoms. The van der Waals surface area contributed by atoms with Gasteiger partial charge < -0.3 is 14.2 Å². The van der Waals surface area contributed by atoms with Crippen LogP contribution in [0.1, 0.15) is 10.4 Å². The monoisotopic (exact) mass is 371 g/mol. The van der Waals surface area contributed by atoms with Crippen LogP contribution in [0.5, 0.6) is 11.5 Å². The Morgan fingerprint density at radius 2 is 1.80 bits per heavy atom. The Balaban J connectivity index is 1.93. The highest BCUT2D eigenvalue weighted by Gasteiger charge is 2.43. The number of carbonyl (C=O) groups excluding carboxylic acids is 1. The van der Waals surface area contributed by atoms with E-state index < -0.39 is 22.3 Å². The quantitative estimate of drug-likeness (QED) is 0.831. The Bertz CT molecular complexity index is 945. The molecule has 0 atom stereocenters. The molecule has 0 saturated heterocycles. The minimum absolute atomic E-state index is 0.0419. The summed E-state index contributed by atoms with van der Waals surface area (Å²) in [4.78, 5) is 11.4. The van der Waals surface area contributed by atoms with Crippen LogP contribution in [-0.2, 0) is 14.8 Å². The molecule has 0 aromatic heterocycles. The zero-order valence-corrected chi connectivity index (χ0v) is 13.5. The molecule has 0 bridgehead atoms. The van der Waals surface area contributed by atoms with Gasteiger partial charge >= 0.3 is 12.3 Å². The summed E-state index contributed by atoms with van der Waals surface area (Å²) in [6, 6.07) is 8.84. The molecule has 0 radical (unpaired) electrons. The summed E-state index contributed by atoms with van der Waals surface area (Å²) < 4.78 is 66.4. The highest BCUT2D eigenvalue weighted by atomic mass is 32.2. The second kappa shape index (κ2) is 5.88. The number of ether oxygens (including phenoxy) is 3. The molecule has 132 valence electrons. The third kappa shape index (κ3) is 3.33. The van der Waals surface area contributed by atoms with Gasteiger partial charge in [0, 0.05) is 6.07 Å². The van der Waals surface area contributed by atoms with Crippen molar-refractivity contribution < 1.29 is 36.2 Å². The Morgan fingerprint density at radius 1 is 1.12 bits per heavy atom. The number of sulfonamides is 1. The number of rotatable bonds is 4. The number of methoxy groups -OCH3 is 1. The summed E-state index contributed by atoms with van der Waals surface area (Å²) >= 11 is 0. The molecule has 25 heavy (non-hydrogen) atoms. The van der Waals surface area contributed by atoms with Crippen molar-refractivity contribution in [3.63, 3.8) is 0 Å². The molecule has 2 aromatic carbocycles. The molecular formula is C15H11F2NO6S. The van der Waals surface area contributed by atoms with Crippen LogP contribution < -0.4 is 14.2 Å². The van der Waals surface area contributed by atoms with E-state index in [1.807, 2.05) is 0 Å². The Hall–Kier alpha value is -2.88. The third-order valence-electron chi connectivity index (χ3n) is 3.24. The lowest BCUT2D eigenvalue weighted by molar-refractivity contribution is -0.286. The maximum absolute atomic E-state index is 13.0. The van der Waals surface area contributed by atoms with E-state index in [-0.39, 0.29) is 27.6 Å². The van der Waals surface area contributed by atoms with Crippen LogP contribution in [-0.4, -0.2) is 27.8 Å². The highest BCUT2D eigenvalue weighted by molar-refractivity contribution is 7.92. The largest absolute Gasteiger partial charge is 0.586 e. The fraction of sp³-hybridized carbons (Fsp3) is 0.133. The first kappa shape index (κ1) is 17.0. The van der Waals surface area contributed by atoms with Crippen molar-refractivity contribution >= 4 is 21.7 Å². The van der Waals surface area contributed by atoms with Crippen molar-refractivity contribution in [2.75, 3.05) is 11.8 Å². The number of hydrogen-bond acceptors (Lipinski definition) is 6. The first-order chi connectivity index (χ1) is 11.7. The number of anilines is 1. The number of nitrogens with one attached hydrogen (secondary N) is 1. The second-order valence-corrected chi connectivity index (χ2v) is 6.57. The van der Waals surface area contributed by atoms with Gasteiger partial charge in [-0.3, -0.25) is 4.72 Å². The lowest BCUT2D eigenvalue weighted by Crippen LogP contribution is -2.25. The van der Waals surface area contributed by atoms with Gasteiger partial charge in [-0.05, 0) is 24.3 Å². The van der Waals surface area contributed by atoms with Crippen LogP contribution in [0.3, 0.4) is 0 Å². The molecule has 1 aliphatic rings. The summed E-state index contributed by atoms with van der Waals surface area (Å²) in [7, 11) is -3.06. The molecule has 1 aliphatic heterocycles.